The molecule has 5 heteroatoms. The van der Waals surface area contributed by atoms with Crippen LogP contribution in [0.15, 0.2) is 10.5 Å². The second kappa shape index (κ2) is 2.97. The molecule has 1 aromatic rings. The number of rotatable bonds is 2. The topological polar surface area (TPSA) is 37.3 Å². The van der Waals surface area contributed by atoms with Crippen LogP contribution >= 0.6 is 38.9 Å². The molecule has 0 unspecified atom stereocenters. The SMILES string of the molecule is O=C(O)C1(c2cc(Br)c(Cl)s2)CC1. The molecule has 1 N–H and O–H groups in total. The van der Waals surface area contributed by atoms with Crippen LogP contribution in [-0.2, 0) is 10.2 Å². The molecule has 0 amide bonds. The number of thiophene rings is 1. The minimum atomic E-state index is -0.738. The summed E-state index contributed by atoms with van der Waals surface area (Å²) in [5, 5.41) is 9.01. The zero-order chi connectivity index (χ0) is 9.64. The first kappa shape index (κ1) is 9.49. The monoisotopic (exact) mass is 280 g/mol. The van der Waals surface area contributed by atoms with Gasteiger partial charge in [-0.25, -0.2) is 0 Å². The first-order valence-corrected chi connectivity index (χ1v) is 5.74. The number of carbonyl (C=O) groups is 1. The first-order valence-electron chi connectivity index (χ1n) is 3.75. The highest BCUT2D eigenvalue weighted by atomic mass is 79.9. The summed E-state index contributed by atoms with van der Waals surface area (Å²) in [6, 6.07) is 1.81. The van der Waals surface area contributed by atoms with Crippen molar-refractivity contribution in [2.75, 3.05) is 0 Å². The van der Waals surface area contributed by atoms with Crippen molar-refractivity contribution >= 4 is 44.8 Å². The quantitative estimate of drug-likeness (QED) is 0.903. The summed E-state index contributed by atoms with van der Waals surface area (Å²) in [4.78, 5) is 11.8. The largest absolute Gasteiger partial charge is 0.481 e. The minimum absolute atomic E-state index is 0.625. The van der Waals surface area contributed by atoms with E-state index in [2.05, 4.69) is 15.9 Å². The Balaban J connectivity index is 2.41. The fraction of sp³-hybridized carbons (Fsp3) is 0.375. The summed E-state index contributed by atoms with van der Waals surface area (Å²) in [6.07, 6.45) is 1.46. The van der Waals surface area contributed by atoms with E-state index < -0.39 is 11.4 Å². The van der Waals surface area contributed by atoms with E-state index in [0.717, 1.165) is 22.2 Å². The predicted molar refractivity (Wildman–Crippen MR) is 55.6 cm³/mol. The van der Waals surface area contributed by atoms with Crippen LogP contribution in [0.3, 0.4) is 0 Å². The molecular formula is C8H6BrClO2S. The zero-order valence-corrected chi connectivity index (χ0v) is 9.67. The molecule has 1 aromatic heterocycles. The maximum Gasteiger partial charge on any atom is 0.314 e. The second-order valence-electron chi connectivity index (χ2n) is 3.12. The van der Waals surface area contributed by atoms with Gasteiger partial charge in [0.2, 0.25) is 0 Å². The lowest BCUT2D eigenvalue weighted by molar-refractivity contribution is -0.139. The summed E-state index contributed by atoms with van der Waals surface area (Å²) >= 11 is 10.5. The number of carboxylic acid groups (broad SMARTS) is 1. The molecule has 0 saturated heterocycles. The Hall–Kier alpha value is -0.0600. The maximum atomic E-state index is 11.0. The van der Waals surface area contributed by atoms with Crippen molar-refractivity contribution < 1.29 is 9.90 Å². The Morgan fingerprint density at radius 3 is 2.62 bits per heavy atom. The number of carboxylic acids is 1. The molecule has 0 bridgehead atoms. The van der Waals surface area contributed by atoms with E-state index in [0.29, 0.717) is 4.34 Å². The summed E-state index contributed by atoms with van der Waals surface area (Å²) in [5.74, 6) is -0.738. The molecule has 1 aliphatic rings. The molecule has 0 radical (unpaired) electrons. The zero-order valence-electron chi connectivity index (χ0n) is 6.51. The van der Waals surface area contributed by atoms with Crippen LogP contribution in [0.25, 0.3) is 0 Å². The van der Waals surface area contributed by atoms with Gasteiger partial charge in [-0.15, -0.1) is 11.3 Å². The van der Waals surface area contributed by atoms with E-state index in [9.17, 15) is 4.79 Å². The van der Waals surface area contributed by atoms with E-state index in [-0.39, 0.29) is 0 Å². The third-order valence-corrected chi connectivity index (χ3v) is 4.96. The van der Waals surface area contributed by atoms with Crippen LogP contribution in [0.5, 0.6) is 0 Å². The van der Waals surface area contributed by atoms with Crippen LogP contribution in [0, 0.1) is 0 Å². The highest BCUT2D eigenvalue weighted by Gasteiger charge is 2.53. The summed E-state index contributed by atoms with van der Waals surface area (Å²) in [5.41, 5.74) is -0.625. The summed E-state index contributed by atoms with van der Waals surface area (Å²) in [6.45, 7) is 0. The standard InChI is InChI=1S/C8H6BrClO2S/c9-4-3-5(13-6(4)10)8(1-2-8)7(11)12/h3H,1-2H2,(H,11,12). The van der Waals surface area contributed by atoms with E-state index in [1.54, 1.807) is 0 Å². The van der Waals surface area contributed by atoms with Crippen LogP contribution in [0.1, 0.15) is 17.7 Å². The predicted octanol–water partition coefficient (Wildman–Crippen LogP) is 3.28. The van der Waals surface area contributed by atoms with Gasteiger partial charge in [0.15, 0.2) is 0 Å². The molecule has 0 spiro atoms. The minimum Gasteiger partial charge on any atom is -0.481 e. The Morgan fingerprint density at radius 1 is 1.69 bits per heavy atom. The van der Waals surface area contributed by atoms with Gasteiger partial charge in [-0.05, 0) is 34.8 Å². The third kappa shape index (κ3) is 1.41. The average molecular weight is 282 g/mol. The molecule has 1 fully saturated rings. The molecule has 1 heterocycles. The number of halogens is 2. The second-order valence-corrected chi connectivity index (χ2v) is 5.63. The van der Waals surface area contributed by atoms with Crippen molar-refractivity contribution in [3.63, 3.8) is 0 Å². The van der Waals surface area contributed by atoms with Crippen LogP contribution in [-0.4, -0.2) is 11.1 Å². The Bertz CT molecular complexity index is 351. The third-order valence-electron chi connectivity index (χ3n) is 2.28. The van der Waals surface area contributed by atoms with Gasteiger partial charge in [-0.2, -0.15) is 0 Å². The molecule has 1 aliphatic carbocycles. The lowest BCUT2D eigenvalue weighted by Gasteiger charge is -2.04. The molecule has 2 rings (SSSR count). The van der Waals surface area contributed by atoms with E-state index in [1.165, 1.54) is 11.3 Å². The van der Waals surface area contributed by atoms with E-state index in [1.807, 2.05) is 6.07 Å². The van der Waals surface area contributed by atoms with Gasteiger partial charge < -0.3 is 5.11 Å². The summed E-state index contributed by atoms with van der Waals surface area (Å²) < 4.78 is 1.42. The molecule has 0 atom stereocenters. The Morgan fingerprint density at radius 2 is 2.31 bits per heavy atom. The molecule has 0 aliphatic heterocycles. The van der Waals surface area contributed by atoms with Crippen LogP contribution in [0.2, 0.25) is 4.34 Å². The number of hydrogen-bond acceptors (Lipinski definition) is 2. The van der Waals surface area contributed by atoms with Crippen molar-refractivity contribution in [2.24, 2.45) is 0 Å². The molecule has 13 heavy (non-hydrogen) atoms. The molecule has 1 saturated carbocycles. The lowest BCUT2D eigenvalue weighted by atomic mass is 10.1. The van der Waals surface area contributed by atoms with Gasteiger partial charge >= 0.3 is 5.97 Å². The molecule has 70 valence electrons. The van der Waals surface area contributed by atoms with Crippen molar-refractivity contribution in [1.82, 2.24) is 0 Å². The molecular weight excluding hydrogens is 276 g/mol. The highest BCUT2D eigenvalue weighted by Crippen LogP contribution is 2.52. The Kier molecular flexibility index (Phi) is 2.17. The summed E-state index contributed by atoms with van der Waals surface area (Å²) in [7, 11) is 0. The van der Waals surface area contributed by atoms with E-state index >= 15 is 0 Å². The molecule has 2 nitrogen and oxygen atoms in total. The van der Waals surface area contributed by atoms with Crippen molar-refractivity contribution in [1.29, 1.82) is 0 Å². The fourth-order valence-corrected chi connectivity index (χ4v) is 3.21. The first-order chi connectivity index (χ1) is 6.06. The number of hydrogen-bond donors (Lipinski definition) is 1. The van der Waals surface area contributed by atoms with Crippen LogP contribution < -0.4 is 0 Å². The van der Waals surface area contributed by atoms with Crippen molar-refractivity contribution in [3.05, 3.63) is 19.8 Å². The Labute approximate surface area is 92.7 Å². The van der Waals surface area contributed by atoms with Gasteiger partial charge in [0.25, 0.3) is 0 Å². The van der Waals surface area contributed by atoms with Gasteiger partial charge in [-0.1, -0.05) is 11.6 Å². The fourth-order valence-electron chi connectivity index (χ4n) is 1.27. The highest BCUT2D eigenvalue weighted by molar-refractivity contribution is 9.10. The normalized spacial score (nSPS) is 18.6. The van der Waals surface area contributed by atoms with Gasteiger partial charge in [0.05, 0.1) is 0 Å². The lowest BCUT2D eigenvalue weighted by Crippen LogP contribution is -2.17. The van der Waals surface area contributed by atoms with Crippen molar-refractivity contribution in [3.8, 4) is 0 Å². The van der Waals surface area contributed by atoms with Gasteiger partial charge in [-0.3, -0.25) is 4.79 Å². The van der Waals surface area contributed by atoms with Crippen molar-refractivity contribution in [2.45, 2.75) is 18.3 Å². The van der Waals surface area contributed by atoms with Gasteiger partial charge in [0.1, 0.15) is 9.75 Å². The van der Waals surface area contributed by atoms with Gasteiger partial charge in [0, 0.05) is 9.35 Å². The average Bonchev–Trinajstić information content (AvgIpc) is 2.77. The van der Waals surface area contributed by atoms with Crippen LogP contribution in [0.4, 0.5) is 0 Å². The number of aliphatic carboxylic acids is 1. The van der Waals surface area contributed by atoms with E-state index in [4.69, 9.17) is 16.7 Å². The maximum absolute atomic E-state index is 11.0. The molecule has 0 aromatic carbocycles. The smallest absolute Gasteiger partial charge is 0.314 e.